The first-order chi connectivity index (χ1) is 11.4. The molecule has 0 saturated carbocycles. The highest BCUT2D eigenvalue weighted by Crippen LogP contribution is 2.26. The summed E-state index contributed by atoms with van der Waals surface area (Å²) < 4.78 is 5.67. The van der Waals surface area contributed by atoms with Crippen molar-refractivity contribution < 1.29 is 14.5 Å². The number of nitro benzene ring substituents is 1. The number of benzene rings is 2. The average molecular weight is 349 g/mol. The maximum Gasteiger partial charge on any atom is 0.274 e. The van der Waals surface area contributed by atoms with Gasteiger partial charge in [0.2, 0.25) is 0 Å². The smallest absolute Gasteiger partial charge is 0.274 e. The fourth-order valence-electron chi connectivity index (χ4n) is 2.20. The Kier molecular flexibility index (Phi) is 5.76. The first-order valence-corrected chi connectivity index (χ1v) is 7.77. The SMILES string of the molecule is CC[C@@H](Oc1cccc(Cl)c1)C(=O)Nc1cccc([N+](=O)[O-])c1C. The number of halogens is 1. The van der Waals surface area contributed by atoms with Gasteiger partial charge in [0.25, 0.3) is 11.6 Å². The summed E-state index contributed by atoms with van der Waals surface area (Å²) in [5.41, 5.74) is 0.743. The number of hydrogen-bond donors (Lipinski definition) is 1. The van der Waals surface area contributed by atoms with Crippen LogP contribution in [0.25, 0.3) is 0 Å². The van der Waals surface area contributed by atoms with Crippen LogP contribution in [0.5, 0.6) is 5.75 Å². The van der Waals surface area contributed by atoms with E-state index in [4.69, 9.17) is 16.3 Å². The van der Waals surface area contributed by atoms with E-state index >= 15 is 0 Å². The van der Waals surface area contributed by atoms with Crippen molar-refractivity contribution in [3.05, 3.63) is 63.2 Å². The number of carbonyl (C=O) groups excluding carboxylic acids is 1. The molecule has 2 aromatic carbocycles. The van der Waals surface area contributed by atoms with Crippen LogP contribution >= 0.6 is 11.6 Å². The number of anilines is 1. The maximum atomic E-state index is 12.4. The number of carbonyl (C=O) groups is 1. The van der Waals surface area contributed by atoms with E-state index in [9.17, 15) is 14.9 Å². The van der Waals surface area contributed by atoms with Crippen LogP contribution in [-0.2, 0) is 4.79 Å². The highest BCUT2D eigenvalue weighted by molar-refractivity contribution is 6.30. The number of ether oxygens (including phenoxy) is 1. The molecule has 24 heavy (non-hydrogen) atoms. The van der Waals surface area contributed by atoms with Gasteiger partial charge in [0.15, 0.2) is 6.10 Å². The Balaban J connectivity index is 2.15. The lowest BCUT2D eigenvalue weighted by Gasteiger charge is -2.18. The van der Waals surface area contributed by atoms with E-state index in [1.54, 1.807) is 37.3 Å². The van der Waals surface area contributed by atoms with Crippen molar-refractivity contribution in [3.8, 4) is 5.75 Å². The van der Waals surface area contributed by atoms with E-state index < -0.39 is 11.0 Å². The number of nitrogens with zero attached hydrogens (tertiary/aromatic N) is 1. The second kappa shape index (κ2) is 7.79. The molecule has 0 fully saturated rings. The van der Waals surface area contributed by atoms with Gasteiger partial charge >= 0.3 is 0 Å². The van der Waals surface area contributed by atoms with Gasteiger partial charge in [-0.05, 0) is 37.6 Å². The Morgan fingerprint density at radius 3 is 2.67 bits per heavy atom. The Hall–Kier alpha value is -2.60. The average Bonchev–Trinajstić information content (AvgIpc) is 2.54. The Morgan fingerprint density at radius 1 is 1.33 bits per heavy atom. The number of amides is 1. The second-order valence-electron chi connectivity index (χ2n) is 5.17. The molecular formula is C17H17ClN2O4. The molecular weight excluding hydrogens is 332 g/mol. The van der Waals surface area contributed by atoms with Crippen molar-refractivity contribution in [2.75, 3.05) is 5.32 Å². The van der Waals surface area contributed by atoms with Gasteiger partial charge in [-0.25, -0.2) is 0 Å². The van der Waals surface area contributed by atoms with Crippen LogP contribution in [0.1, 0.15) is 18.9 Å². The zero-order valence-corrected chi connectivity index (χ0v) is 14.0. The Morgan fingerprint density at radius 2 is 2.04 bits per heavy atom. The van der Waals surface area contributed by atoms with Gasteiger partial charge in [0.05, 0.1) is 16.2 Å². The normalized spacial score (nSPS) is 11.6. The Labute approximate surface area is 144 Å². The molecule has 0 spiro atoms. The van der Waals surface area contributed by atoms with Crippen LogP contribution in [0, 0.1) is 17.0 Å². The summed E-state index contributed by atoms with van der Waals surface area (Å²) in [6.07, 6.45) is -0.297. The van der Waals surface area contributed by atoms with Crippen molar-refractivity contribution in [1.29, 1.82) is 0 Å². The van der Waals surface area contributed by atoms with Crippen molar-refractivity contribution in [1.82, 2.24) is 0 Å². The standard InChI is InChI=1S/C17H17ClN2O4/c1-3-16(24-13-7-4-6-12(18)10-13)17(21)19-14-8-5-9-15(11(14)2)20(22)23/h4-10,16H,3H2,1-2H3,(H,19,21)/t16-/m1/s1. The maximum absolute atomic E-state index is 12.4. The molecule has 1 amide bonds. The molecule has 2 aromatic rings. The number of nitrogens with one attached hydrogen (secondary N) is 1. The molecule has 0 aliphatic heterocycles. The van der Waals surface area contributed by atoms with Gasteiger partial charge in [-0.15, -0.1) is 0 Å². The first-order valence-electron chi connectivity index (χ1n) is 7.39. The lowest BCUT2D eigenvalue weighted by Crippen LogP contribution is -2.32. The minimum atomic E-state index is -0.734. The summed E-state index contributed by atoms with van der Waals surface area (Å²) in [6.45, 7) is 3.40. The van der Waals surface area contributed by atoms with E-state index in [0.29, 0.717) is 28.4 Å². The summed E-state index contributed by atoms with van der Waals surface area (Å²) in [5.74, 6) is 0.112. The monoisotopic (exact) mass is 348 g/mol. The largest absolute Gasteiger partial charge is 0.481 e. The second-order valence-corrected chi connectivity index (χ2v) is 5.60. The summed E-state index contributed by atoms with van der Waals surface area (Å²) in [4.78, 5) is 22.9. The van der Waals surface area contributed by atoms with Crippen LogP contribution in [-0.4, -0.2) is 16.9 Å². The van der Waals surface area contributed by atoms with Crippen LogP contribution in [0.4, 0.5) is 11.4 Å². The zero-order valence-electron chi connectivity index (χ0n) is 13.3. The fourth-order valence-corrected chi connectivity index (χ4v) is 2.38. The van der Waals surface area contributed by atoms with Gasteiger partial charge in [-0.1, -0.05) is 30.7 Å². The molecule has 126 valence electrons. The van der Waals surface area contributed by atoms with Crippen LogP contribution in [0.2, 0.25) is 5.02 Å². The highest BCUT2D eigenvalue weighted by Gasteiger charge is 2.21. The minimum absolute atomic E-state index is 0.0448. The third-order valence-electron chi connectivity index (χ3n) is 3.50. The Bertz CT molecular complexity index is 764. The fraction of sp³-hybridized carbons (Fsp3) is 0.235. The molecule has 2 rings (SSSR count). The van der Waals surface area contributed by atoms with Crippen LogP contribution < -0.4 is 10.1 Å². The first kappa shape index (κ1) is 17.7. The lowest BCUT2D eigenvalue weighted by molar-refractivity contribution is -0.385. The quantitative estimate of drug-likeness (QED) is 0.621. The molecule has 0 aliphatic carbocycles. The summed E-state index contributed by atoms with van der Waals surface area (Å²) >= 11 is 5.90. The van der Waals surface area contributed by atoms with Gasteiger partial charge in [0, 0.05) is 11.1 Å². The zero-order chi connectivity index (χ0) is 17.7. The predicted molar refractivity (Wildman–Crippen MR) is 92.6 cm³/mol. The molecule has 0 unspecified atom stereocenters. The third-order valence-corrected chi connectivity index (χ3v) is 3.73. The van der Waals surface area contributed by atoms with Crippen molar-refractivity contribution in [2.24, 2.45) is 0 Å². The lowest BCUT2D eigenvalue weighted by atomic mass is 10.1. The van der Waals surface area contributed by atoms with E-state index in [-0.39, 0.29) is 11.6 Å². The molecule has 0 radical (unpaired) electrons. The molecule has 6 nitrogen and oxygen atoms in total. The topological polar surface area (TPSA) is 81.5 Å². The summed E-state index contributed by atoms with van der Waals surface area (Å²) in [5, 5.41) is 14.2. The van der Waals surface area contributed by atoms with E-state index in [0.717, 1.165) is 0 Å². The van der Waals surface area contributed by atoms with Crippen molar-refractivity contribution >= 4 is 28.9 Å². The van der Waals surface area contributed by atoms with Crippen LogP contribution in [0.15, 0.2) is 42.5 Å². The molecule has 0 heterocycles. The summed E-state index contributed by atoms with van der Waals surface area (Å²) in [6, 6.07) is 11.3. The number of rotatable bonds is 6. The summed E-state index contributed by atoms with van der Waals surface area (Å²) in [7, 11) is 0. The number of nitro groups is 1. The molecule has 0 aliphatic rings. The van der Waals surface area contributed by atoms with E-state index in [2.05, 4.69) is 5.32 Å². The van der Waals surface area contributed by atoms with Gasteiger partial charge < -0.3 is 10.1 Å². The van der Waals surface area contributed by atoms with Crippen LogP contribution in [0.3, 0.4) is 0 Å². The molecule has 0 bridgehead atoms. The molecule has 7 heteroatoms. The minimum Gasteiger partial charge on any atom is -0.481 e. The van der Waals surface area contributed by atoms with E-state index in [1.165, 1.54) is 12.1 Å². The number of hydrogen-bond acceptors (Lipinski definition) is 4. The molecule has 0 saturated heterocycles. The van der Waals surface area contributed by atoms with E-state index in [1.807, 2.05) is 6.92 Å². The molecule has 1 atom stereocenters. The van der Waals surface area contributed by atoms with Gasteiger partial charge in [-0.3, -0.25) is 14.9 Å². The molecule has 1 N–H and O–H groups in total. The van der Waals surface area contributed by atoms with Gasteiger partial charge in [-0.2, -0.15) is 0 Å². The van der Waals surface area contributed by atoms with Gasteiger partial charge in [0.1, 0.15) is 5.75 Å². The van der Waals surface area contributed by atoms with Crippen molar-refractivity contribution in [3.63, 3.8) is 0 Å². The predicted octanol–water partition coefficient (Wildman–Crippen LogP) is 4.35. The highest BCUT2D eigenvalue weighted by atomic mass is 35.5. The molecule has 0 aromatic heterocycles. The third kappa shape index (κ3) is 4.23. The van der Waals surface area contributed by atoms with Crippen molar-refractivity contribution in [2.45, 2.75) is 26.4 Å².